The minimum absolute atomic E-state index is 0.426. The van der Waals surface area contributed by atoms with Crippen LogP contribution in [0.3, 0.4) is 0 Å². The number of rotatable bonds is 4. The van der Waals surface area contributed by atoms with Gasteiger partial charge in [-0.3, -0.25) is 0 Å². The Hall–Kier alpha value is -0.0800. The molecule has 3 atom stereocenters. The molecule has 0 radical (unpaired) electrons. The first-order chi connectivity index (χ1) is 7.45. The molecule has 2 N–H and O–H groups in total. The van der Waals surface area contributed by atoms with Gasteiger partial charge < -0.3 is 10.5 Å². The summed E-state index contributed by atoms with van der Waals surface area (Å²) in [7, 11) is 1.78. The number of methoxy groups -OCH3 is 1. The zero-order chi connectivity index (χ0) is 12.2. The molecule has 0 aromatic carbocycles. The Morgan fingerprint density at radius 2 is 1.94 bits per heavy atom. The molecule has 2 nitrogen and oxygen atoms in total. The third-order valence-corrected chi connectivity index (χ3v) is 4.19. The summed E-state index contributed by atoms with van der Waals surface area (Å²) >= 11 is 0. The predicted octanol–water partition coefficient (Wildman–Crippen LogP) is 3.20. The Bertz CT molecular complexity index is 197. The van der Waals surface area contributed by atoms with E-state index in [1.54, 1.807) is 7.11 Å². The molecule has 96 valence electrons. The maximum atomic E-state index is 6.23. The highest BCUT2D eigenvalue weighted by Crippen LogP contribution is 2.41. The quantitative estimate of drug-likeness (QED) is 0.749. The Balaban J connectivity index is 2.42. The molecular weight excluding hydrogens is 198 g/mol. The van der Waals surface area contributed by atoms with Crippen LogP contribution in [-0.4, -0.2) is 19.8 Å². The van der Waals surface area contributed by atoms with Crippen molar-refractivity contribution < 1.29 is 4.74 Å². The van der Waals surface area contributed by atoms with Gasteiger partial charge in [-0.05, 0) is 49.4 Å². The summed E-state index contributed by atoms with van der Waals surface area (Å²) in [6, 6.07) is 0.426. The van der Waals surface area contributed by atoms with E-state index in [9.17, 15) is 0 Å². The molecule has 16 heavy (non-hydrogen) atoms. The van der Waals surface area contributed by atoms with Crippen LogP contribution >= 0.6 is 0 Å². The molecule has 0 saturated heterocycles. The molecule has 3 unspecified atom stereocenters. The molecule has 0 aromatic heterocycles. The summed E-state index contributed by atoms with van der Waals surface area (Å²) in [4.78, 5) is 0. The Morgan fingerprint density at radius 1 is 1.25 bits per heavy atom. The summed E-state index contributed by atoms with van der Waals surface area (Å²) in [5.74, 6) is 1.56. The van der Waals surface area contributed by atoms with Crippen LogP contribution in [0.1, 0.15) is 52.9 Å². The van der Waals surface area contributed by atoms with Crippen molar-refractivity contribution >= 4 is 0 Å². The Labute approximate surface area is 101 Å². The number of ether oxygens (including phenoxy) is 1. The van der Waals surface area contributed by atoms with Crippen molar-refractivity contribution in [3.8, 4) is 0 Å². The van der Waals surface area contributed by atoms with E-state index in [1.807, 2.05) is 0 Å². The van der Waals surface area contributed by atoms with Crippen molar-refractivity contribution in [3.63, 3.8) is 0 Å². The largest absolute Gasteiger partial charge is 0.385 e. The first-order valence-corrected chi connectivity index (χ1v) is 6.69. The molecule has 0 heterocycles. The van der Waals surface area contributed by atoms with Crippen LogP contribution in [0.4, 0.5) is 0 Å². The van der Waals surface area contributed by atoms with Gasteiger partial charge in [-0.15, -0.1) is 0 Å². The fourth-order valence-corrected chi connectivity index (χ4v) is 2.90. The number of hydrogen-bond donors (Lipinski definition) is 1. The molecule has 1 aliphatic rings. The van der Waals surface area contributed by atoms with Gasteiger partial charge in [-0.25, -0.2) is 0 Å². The van der Waals surface area contributed by atoms with Gasteiger partial charge in [0.2, 0.25) is 0 Å². The van der Waals surface area contributed by atoms with Gasteiger partial charge in [-0.2, -0.15) is 0 Å². The normalized spacial score (nSPS) is 31.7. The maximum Gasteiger partial charge on any atom is 0.0462 e. The lowest BCUT2D eigenvalue weighted by molar-refractivity contribution is 0.113. The standard InChI is InChI=1S/C14H29NO/c1-14(2,3)12-7-8-13(15)11(10-12)6-5-9-16-4/h11-13H,5-10,15H2,1-4H3. The SMILES string of the molecule is COCCCC1CC(C(C)(C)C)CCC1N. The average molecular weight is 227 g/mol. The zero-order valence-electron chi connectivity index (χ0n) is 11.5. The molecule has 1 aliphatic carbocycles. The molecule has 1 saturated carbocycles. The van der Waals surface area contributed by atoms with Crippen molar-refractivity contribution in [1.82, 2.24) is 0 Å². The van der Waals surface area contributed by atoms with Crippen molar-refractivity contribution in [2.45, 2.75) is 58.9 Å². The van der Waals surface area contributed by atoms with E-state index >= 15 is 0 Å². The first-order valence-electron chi connectivity index (χ1n) is 6.69. The van der Waals surface area contributed by atoms with Gasteiger partial charge in [0.15, 0.2) is 0 Å². The molecule has 1 fully saturated rings. The van der Waals surface area contributed by atoms with Crippen LogP contribution in [0, 0.1) is 17.3 Å². The van der Waals surface area contributed by atoms with Crippen molar-refractivity contribution in [2.75, 3.05) is 13.7 Å². The third-order valence-electron chi connectivity index (χ3n) is 4.19. The smallest absolute Gasteiger partial charge is 0.0462 e. The average Bonchev–Trinajstić information content (AvgIpc) is 2.19. The van der Waals surface area contributed by atoms with E-state index in [-0.39, 0.29) is 0 Å². The minimum atomic E-state index is 0.426. The van der Waals surface area contributed by atoms with Gasteiger partial charge in [0.1, 0.15) is 0 Å². The summed E-state index contributed by atoms with van der Waals surface area (Å²) in [6.07, 6.45) is 6.23. The second-order valence-electron chi connectivity index (χ2n) is 6.43. The van der Waals surface area contributed by atoms with E-state index in [2.05, 4.69) is 20.8 Å². The zero-order valence-corrected chi connectivity index (χ0v) is 11.5. The molecule has 0 spiro atoms. The van der Waals surface area contributed by atoms with Gasteiger partial charge in [0, 0.05) is 19.8 Å². The van der Waals surface area contributed by atoms with Crippen molar-refractivity contribution in [1.29, 1.82) is 0 Å². The van der Waals surface area contributed by atoms with Crippen LogP contribution in [0.25, 0.3) is 0 Å². The van der Waals surface area contributed by atoms with Crippen molar-refractivity contribution in [3.05, 3.63) is 0 Å². The molecule has 2 heteroatoms. The van der Waals surface area contributed by atoms with Crippen LogP contribution in [-0.2, 0) is 4.74 Å². The van der Waals surface area contributed by atoms with E-state index in [0.717, 1.165) is 18.9 Å². The first kappa shape index (κ1) is 14.0. The van der Waals surface area contributed by atoms with Crippen LogP contribution in [0.5, 0.6) is 0 Å². The summed E-state index contributed by atoms with van der Waals surface area (Å²) in [5.41, 5.74) is 6.67. The summed E-state index contributed by atoms with van der Waals surface area (Å²) < 4.78 is 5.12. The number of nitrogens with two attached hydrogens (primary N) is 1. The van der Waals surface area contributed by atoms with E-state index < -0.39 is 0 Å². The van der Waals surface area contributed by atoms with Crippen LogP contribution < -0.4 is 5.73 Å². The number of hydrogen-bond acceptors (Lipinski definition) is 2. The topological polar surface area (TPSA) is 35.2 Å². The molecular formula is C14H29NO. The molecule has 1 rings (SSSR count). The highest BCUT2D eigenvalue weighted by Gasteiger charge is 2.33. The lowest BCUT2D eigenvalue weighted by Crippen LogP contribution is -2.39. The Kier molecular flexibility index (Phi) is 5.26. The van der Waals surface area contributed by atoms with Gasteiger partial charge in [-0.1, -0.05) is 20.8 Å². The third kappa shape index (κ3) is 4.06. The maximum absolute atomic E-state index is 6.23. The van der Waals surface area contributed by atoms with E-state index in [1.165, 1.54) is 25.7 Å². The molecule has 0 bridgehead atoms. The van der Waals surface area contributed by atoms with Crippen LogP contribution in [0.15, 0.2) is 0 Å². The monoisotopic (exact) mass is 227 g/mol. The molecule has 0 amide bonds. The minimum Gasteiger partial charge on any atom is -0.385 e. The second-order valence-corrected chi connectivity index (χ2v) is 6.43. The van der Waals surface area contributed by atoms with Gasteiger partial charge in [0.05, 0.1) is 0 Å². The highest BCUT2D eigenvalue weighted by atomic mass is 16.5. The lowest BCUT2D eigenvalue weighted by Gasteiger charge is -2.40. The van der Waals surface area contributed by atoms with Gasteiger partial charge >= 0.3 is 0 Å². The van der Waals surface area contributed by atoms with E-state index in [4.69, 9.17) is 10.5 Å². The Morgan fingerprint density at radius 3 is 2.50 bits per heavy atom. The predicted molar refractivity (Wildman–Crippen MR) is 69.4 cm³/mol. The van der Waals surface area contributed by atoms with E-state index in [0.29, 0.717) is 17.4 Å². The fourth-order valence-electron chi connectivity index (χ4n) is 2.90. The highest BCUT2D eigenvalue weighted by molar-refractivity contribution is 4.87. The lowest BCUT2D eigenvalue weighted by atomic mass is 9.67. The van der Waals surface area contributed by atoms with Crippen molar-refractivity contribution in [2.24, 2.45) is 23.0 Å². The molecule has 0 aliphatic heterocycles. The van der Waals surface area contributed by atoms with Gasteiger partial charge in [0.25, 0.3) is 0 Å². The van der Waals surface area contributed by atoms with Crippen LogP contribution in [0.2, 0.25) is 0 Å². The fraction of sp³-hybridized carbons (Fsp3) is 1.00. The second kappa shape index (κ2) is 6.02. The molecule has 0 aromatic rings. The summed E-state index contributed by atoms with van der Waals surface area (Å²) in [6.45, 7) is 7.96. The summed E-state index contributed by atoms with van der Waals surface area (Å²) in [5, 5.41) is 0.